The topological polar surface area (TPSA) is 26.3 Å². The molecule has 88 valence electrons. The molecule has 0 saturated carbocycles. The average molecular weight is 228 g/mol. The van der Waals surface area contributed by atoms with E-state index >= 15 is 0 Å². The lowest BCUT2D eigenvalue weighted by molar-refractivity contribution is -0.108. The molecule has 0 aliphatic heterocycles. The van der Waals surface area contributed by atoms with Gasteiger partial charge < -0.3 is 9.53 Å². The summed E-state index contributed by atoms with van der Waals surface area (Å²) in [6, 6.07) is 4.26. The normalized spacial score (nSPS) is 12.6. The van der Waals surface area contributed by atoms with Gasteiger partial charge in [-0.25, -0.2) is 8.78 Å². The minimum absolute atomic E-state index is 0.116. The number of hydrogen-bond acceptors (Lipinski definition) is 2. The molecule has 1 atom stereocenters. The highest BCUT2D eigenvalue weighted by atomic mass is 19.3. The predicted octanol–water partition coefficient (Wildman–Crippen LogP) is 3.33. The third kappa shape index (κ3) is 3.02. The molecule has 0 N–H and O–H groups in total. The Morgan fingerprint density at radius 1 is 1.31 bits per heavy atom. The van der Waals surface area contributed by atoms with Gasteiger partial charge in [0, 0.05) is 11.5 Å². The van der Waals surface area contributed by atoms with Crippen LogP contribution in [0, 0.1) is 0 Å². The zero-order valence-electron chi connectivity index (χ0n) is 9.24. The van der Waals surface area contributed by atoms with Gasteiger partial charge in [0.1, 0.15) is 12.0 Å². The highest BCUT2D eigenvalue weighted by Crippen LogP contribution is 2.28. The maximum Gasteiger partial charge on any atom is 0.263 e. The van der Waals surface area contributed by atoms with Crippen LogP contribution in [0.3, 0.4) is 0 Å². The Labute approximate surface area is 93.2 Å². The Balaban J connectivity index is 3.12. The van der Waals surface area contributed by atoms with Crippen molar-refractivity contribution in [2.45, 2.75) is 26.2 Å². The Bertz CT molecular complexity index is 364. The van der Waals surface area contributed by atoms with Gasteiger partial charge >= 0.3 is 0 Å². The van der Waals surface area contributed by atoms with E-state index < -0.39 is 12.3 Å². The highest BCUT2D eigenvalue weighted by molar-refractivity contribution is 5.62. The quantitative estimate of drug-likeness (QED) is 0.722. The first kappa shape index (κ1) is 12.6. The molecule has 0 aliphatic rings. The van der Waals surface area contributed by atoms with Gasteiger partial charge in [-0.05, 0) is 30.7 Å². The van der Waals surface area contributed by atoms with E-state index in [0.717, 1.165) is 6.29 Å². The van der Waals surface area contributed by atoms with Crippen LogP contribution in [0.15, 0.2) is 18.2 Å². The van der Waals surface area contributed by atoms with Gasteiger partial charge in [0.05, 0.1) is 6.61 Å². The maximum absolute atomic E-state index is 12.6. The van der Waals surface area contributed by atoms with E-state index in [-0.39, 0.29) is 5.56 Å². The molecule has 0 aromatic heterocycles. The van der Waals surface area contributed by atoms with Gasteiger partial charge in [-0.15, -0.1) is 0 Å². The van der Waals surface area contributed by atoms with Crippen molar-refractivity contribution in [3.8, 4) is 5.75 Å². The zero-order valence-corrected chi connectivity index (χ0v) is 9.24. The second-order valence-corrected chi connectivity index (χ2v) is 3.49. The Kier molecular flexibility index (Phi) is 4.40. The van der Waals surface area contributed by atoms with Crippen LogP contribution in [-0.4, -0.2) is 12.9 Å². The molecule has 0 heterocycles. The molecular weight excluding hydrogens is 214 g/mol. The molecule has 0 aliphatic carbocycles. The van der Waals surface area contributed by atoms with Crippen molar-refractivity contribution in [3.63, 3.8) is 0 Å². The molecule has 1 rings (SSSR count). The van der Waals surface area contributed by atoms with Crippen LogP contribution in [0.4, 0.5) is 8.78 Å². The molecule has 0 saturated heterocycles. The summed E-state index contributed by atoms with van der Waals surface area (Å²) in [6.45, 7) is 3.84. The Morgan fingerprint density at radius 3 is 2.44 bits per heavy atom. The van der Waals surface area contributed by atoms with Gasteiger partial charge in [-0.1, -0.05) is 6.92 Å². The number of carbonyl (C=O) groups is 1. The van der Waals surface area contributed by atoms with Crippen LogP contribution < -0.4 is 4.74 Å². The summed E-state index contributed by atoms with van der Waals surface area (Å²) < 4.78 is 30.4. The summed E-state index contributed by atoms with van der Waals surface area (Å²) in [6.07, 6.45) is -1.83. The van der Waals surface area contributed by atoms with E-state index in [1.54, 1.807) is 19.9 Å². The Morgan fingerprint density at radius 2 is 1.94 bits per heavy atom. The van der Waals surface area contributed by atoms with Crippen LogP contribution in [0.2, 0.25) is 0 Å². The van der Waals surface area contributed by atoms with Crippen LogP contribution >= 0.6 is 0 Å². The zero-order chi connectivity index (χ0) is 12.1. The van der Waals surface area contributed by atoms with E-state index in [9.17, 15) is 13.6 Å². The molecule has 0 radical (unpaired) electrons. The molecule has 1 aromatic rings. The number of alkyl halides is 2. The van der Waals surface area contributed by atoms with Crippen molar-refractivity contribution in [1.29, 1.82) is 0 Å². The second-order valence-electron chi connectivity index (χ2n) is 3.49. The predicted molar refractivity (Wildman–Crippen MR) is 57.0 cm³/mol. The fourth-order valence-corrected chi connectivity index (χ4v) is 1.36. The lowest BCUT2D eigenvalue weighted by Gasteiger charge is -2.11. The molecule has 1 aromatic carbocycles. The number of hydrogen-bond donors (Lipinski definition) is 0. The minimum atomic E-state index is -2.56. The van der Waals surface area contributed by atoms with Crippen molar-refractivity contribution in [3.05, 3.63) is 29.3 Å². The third-order valence-corrected chi connectivity index (χ3v) is 2.24. The first-order valence-corrected chi connectivity index (χ1v) is 5.09. The summed E-state index contributed by atoms with van der Waals surface area (Å²) in [7, 11) is 0. The van der Waals surface area contributed by atoms with Gasteiger partial charge in [-0.2, -0.15) is 0 Å². The monoisotopic (exact) mass is 228 g/mol. The molecule has 0 fully saturated rings. The van der Waals surface area contributed by atoms with E-state index in [1.807, 2.05) is 0 Å². The van der Waals surface area contributed by atoms with Crippen molar-refractivity contribution < 1.29 is 18.3 Å². The van der Waals surface area contributed by atoms with Crippen molar-refractivity contribution >= 4 is 6.29 Å². The van der Waals surface area contributed by atoms with Gasteiger partial charge in [0.25, 0.3) is 6.43 Å². The first-order valence-electron chi connectivity index (χ1n) is 5.09. The van der Waals surface area contributed by atoms with Gasteiger partial charge in [0.15, 0.2) is 0 Å². The largest absolute Gasteiger partial charge is 0.494 e. The molecule has 0 spiro atoms. The summed E-state index contributed by atoms with van der Waals surface area (Å²) >= 11 is 0. The number of aldehydes is 1. The number of benzene rings is 1. The van der Waals surface area contributed by atoms with Crippen molar-refractivity contribution in [1.82, 2.24) is 0 Å². The van der Waals surface area contributed by atoms with Gasteiger partial charge in [0.2, 0.25) is 0 Å². The summed E-state index contributed by atoms with van der Waals surface area (Å²) in [4.78, 5) is 10.6. The molecule has 0 bridgehead atoms. The summed E-state index contributed by atoms with van der Waals surface area (Å²) in [5.41, 5.74) is 0.436. The average Bonchev–Trinajstić information content (AvgIpc) is 2.28. The third-order valence-electron chi connectivity index (χ3n) is 2.24. The first-order chi connectivity index (χ1) is 7.58. The van der Waals surface area contributed by atoms with Crippen LogP contribution in [0.25, 0.3) is 0 Å². The fourth-order valence-electron chi connectivity index (χ4n) is 1.36. The Hall–Kier alpha value is -1.45. The molecule has 2 nitrogen and oxygen atoms in total. The lowest BCUT2D eigenvalue weighted by Crippen LogP contribution is -1.99. The minimum Gasteiger partial charge on any atom is -0.494 e. The smallest absolute Gasteiger partial charge is 0.263 e. The van der Waals surface area contributed by atoms with E-state index in [0.29, 0.717) is 17.9 Å². The molecule has 4 heteroatoms. The summed E-state index contributed by atoms with van der Waals surface area (Å²) in [5, 5.41) is 0. The number of ether oxygens (including phenoxy) is 1. The van der Waals surface area contributed by atoms with Crippen molar-refractivity contribution in [2.75, 3.05) is 6.61 Å². The second kappa shape index (κ2) is 5.58. The number of carbonyl (C=O) groups excluding carboxylic acids is 1. The molecule has 1 unspecified atom stereocenters. The SMILES string of the molecule is CCOc1cc(C(F)F)cc(C(C)C=O)c1. The highest BCUT2D eigenvalue weighted by Gasteiger charge is 2.13. The number of rotatable bonds is 5. The standard InChI is InChI=1S/C12H14F2O2/c1-3-16-11-5-9(8(2)7-15)4-10(6-11)12(13)14/h4-8,12H,3H2,1-2H3. The molecule has 16 heavy (non-hydrogen) atoms. The van der Waals surface area contributed by atoms with Gasteiger partial charge in [-0.3, -0.25) is 0 Å². The van der Waals surface area contributed by atoms with E-state index in [2.05, 4.69) is 0 Å². The summed E-state index contributed by atoms with van der Waals surface area (Å²) in [5.74, 6) is -0.0260. The van der Waals surface area contributed by atoms with Crippen LogP contribution in [0.1, 0.15) is 37.3 Å². The fraction of sp³-hybridized carbons (Fsp3) is 0.417. The number of halogens is 2. The van der Waals surface area contributed by atoms with Crippen LogP contribution in [-0.2, 0) is 4.79 Å². The van der Waals surface area contributed by atoms with E-state index in [4.69, 9.17) is 4.74 Å². The molecular formula is C12H14F2O2. The van der Waals surface area contributed by atoms with E-state index in [1.165, 1.54) is 12.1 Å². The maximum atomic E-state index is 12.6. The molecule has 0 amide bonds. The van der Waals surface area contributed by atoms with Crippen molar-refractivity contribution in [2.24, 2.45) is 0 Å². The lowest BCUT2D eigenvalue weighted by atomic mass is 10.00. The van der Waals surface area contributed by atoms with Crippen LogP contribution in [0.5, 0.6) is 5.75 Å².